The highest BCUT2D eigenvalue weighted by molar-refractivity contribution is 5.46. The predicted molar refractivity (Wildman–Crippen MR) is 70.9 cm³/mol. The van der Waals surface area contributed by atoms with Crippen LogP contribution in [0.1, 0.15) is 24.0 Å². The minimum Gasteiger partial charge on any atom is -0.399 e. The number of rotatable bonds is 4. The van der Waals surface area contributed by atoms with Gasteiger partial charge in [0.2, 0.25) is 0 Å². The van der Waals surface area contributed by atoms with E-state index in [4.69, 9.17) is 5.73 Å². The molecule has 1 saturated carbocycles. The molecular formula is C14H19F3N2O. The van der Waals surface area contributed by atoms with Crippen molar-refractivity contribution in [2.75, 3.05) is 19.3 Å². The molecule has 3 nitrogen and oxygen atoms in total. The molecule has 0 spiro atoms. The molecule has 1 aromatic rings. The first-order chi connectivity index (χ1) is 9.25. The van der Waals surface area contributed by atoms with Gasteiger partial charge in [-0.25, -0.2) is 0 Å². The molecule has 0 heterocycles. The van der Waals surface area contributed by atoms with Gasteiger partial charge in [0.25, 0.3) is 0 Å². The third-order valence-corrected chi connectivity index (χ3v) is 3.66. The van der Waals surface area contributed by atoms with Crippen molar-refractivity contribution in [2.24, 2.45) is 5.92 Å². The third kappa shape index (κ3) is 3.64. The second-order valence-electron chi connectivity index (χ2n) is 5.60. The van der Waals surface area contributed by atoms with Crippen LogP contribution in [0.5, 0.6) is 0 Å². The molecule has 3 N–H and O–H groups in total. The minimum atomic E-state index is -4.39. The van der Waals surface area contributed by atoms with Crippen molar-refractivity contribution in [3.63, 3.8) is 0 Å². The zero-order chi connectivity index (χ0) is 14.9. The van der Waals surface area contributed by atoms with Gasteiger partial charge in [0.15, 0.2) is 0 Å². The van der Waals surface area contributed by atoms with Crippen molar-refractivity contribution in [3.8, 4) is 0 Å². The van der Waals surface area contributed by atoms with Crippen molar-refractivity contribution in [2.45, 2.75) is 31.7 Å². The van der Waals surface area contributed by atoms with Crippen LogP contribution >= 0.6 is 0 Å². The highest BCUT2D eigenvalue weighted by atomic mass is 19.4. The Labute approximate surface area is 116 Å². The molecule has 0 atom stereocenters. The van der Waals surface area contributed by atoms with Crippen LogP contribution in [0.2, 0.25) is 0 Å². The average molecular weight is 288 g/mol. The van der Waals surface area contributed by atoms with Crippen LogP contribution in [0.3, 0.4) is 0 Å². The van der Waals surface area contributed by atoms with E-state index in [0.717, 1.165) is 18.9 Å². The molecule has 0 radical (unpaired) electrons. The molecule has 0 aliphatic heterocycles. The summed E-state index contributed by atoms with van der Waals surface area (Å²) >= 11 is 0. The van der Waals surface area contributed by atoms with Crippen LogP contribution < -0.4 is 5.73 Å². The summed E-state index contributed by atoms with van der Waals surface area (Å²) in [5, 5.41) is 9.22. The quantitative estimate of drug-likeness (QED) is 0.837. The lowest BCUT2D eigenvalue weighted by Crippen LogP contribution is -2.37. The average Bonchev–Trinajstić information content (AvgIpc) is 2.28. The van der Waals surface area contributed by atoms with Crippen molar-refractivity contribution in [1.29, 1.82) is 0 Å². The number of nitrogens with two attached hydrogens (primary N) is 1. The largest absolute Gasteiger partial charge is 0.416 e. The Balaban J connectivity index is 2.04. The van der Waals surface area contributed by atoms with Crippen molar-refractivity contribution < 1.29 is 18.3 Å². The monoisotopic (exact) mass is 288 g/mol. The number of halogens is 3. The lowest BCUT2D eigenvalue weighted by Gasteiger charge is -2.34. The molecule has 0 aromatic heterocycles. The molecule has 20 heavy (non-hydrogen) atoms. The lowest BCUT2D eigenvalue weighted by atomic mass is 9.82. The van der Waals surface area contributed by atoms with Crippen LogP contribution in [-0.2, 0) is 12.7 Å². The number of benzene rings is 1. The first-order valence-corrected chi connectivity index (χ1v) is 6.58. The van der Waals surface area contributed by atoms with E-state index in [-0.39, 0.29) is 23.9 Å². The maximum absolute atomic E-state index is 13.0. The summed E-state index contributed by atoms with van der Waals surface area (Å²) < 4.78 is 38.9. The lowest BCUT2D eigenvalue weighted by molar-refractivity contribution is -0.138. The summed E-state index contributed by atoms with van der Waals surface area (Å²) in [6.45, 7) is 0.917. The first kappa shape index (κ1) is 15.1. The molecule has 112 valence electrons. The minimum absolute atomic E-state index is 0.117. The normalized spacial score (nSPS) is 22.9. The highest BCUT2D eigenvalue weighted by Crippen LogP contribution is 2.34. The van der Waals surface area contributed by atoms with Gasteiger partial charge in [0, 0.05) is 18.8 Å². The van der Waals surface area contributed by atoms with Crippen LogP contribution in [0.4, 0.5) is 18.9 Å². The van der Waals surface area contributed by atoms with Gasteiger partial charge >= 0.3 is 6.18 Å². The van der Waals surface area contributed by atoms with E-state index in [1.807, 2.05) is 4.90 Å². The smallest absolute Gasteiger partial charge is 0.399 e. The van der Waals surface area contributed by atoms with Gasteiger partial charge in [-0.1, -0.05) is 6.07 Å². The van der Waals surface area contributed by atoms with Crippen LogP contribution in [0.25, 0.3) is 0 Å². The molecule has 1 fully saturated rings. The molecule has 0 saturated heterocycles. The van der Waals surface area contributed by atoms with Gasteiger partial charge in [0.1, 0.15) is 0 Å². The fourth-order valence-corrected chi connectivity index (χ4v) is 2.64. The number of nitrogens with zero attached hydrogens (tertiary/aromatic N) is 1. The van der Waals surface area contributed by atoms with Gasteiger partial charge < -0.3 is 15.7 Å². The maximum atomic E-state index is 13.0. The van der Waals surface area contributed by atoms with Crippen molar-refractivity contribution >= 4 is 5.69 Å². The van der Waals surface area contributed by atoms with E-state index >= 15 is 0 Å². The Hall–Kier alpha value is -1.27. The second kappa shape index (κ2) is 5.61. The van der Waals surface area contributed by atoms with Gasteiger partial charge in [-0.3, -0.25) is 0 Å². The Morgan fingerprint density at radius 2 is 2.00 bits per heavy atom. The van der Waals surface area contributed by atoms with Gasteiger partial charge in [-0.15, -0.1) is 0 Å². The Morgan fingerprint density at radius 3 is 2.55 bits per heavy atom. The number of alkyl halides is 3. The molecular weight excluding hydrogens is 269 g/mol. The summed E-state index contributed by atoms with van der Waals surface area (Å²) in [6, 6.07) is 3.91. The number of hydrogen-bond acceptors (Lipinski definition) is 3. The number of aliphatic hydroxyl groups excluding tert-OH is 1. The molecule has 1 aromatic carbocycles. The summed E-state index contributed by atoms with van der Waals surface area (Å²) in [5.41, 5.74) is 5.12. The summed E-state index contributed by atoms with van der Waals surface area (Å²) in [6.07, 6.45) is -3.16. The zero-order valence-corrected chi connectivity index (χ0v) is 11.3. The Bertz CT molecular complexity index is 470. The van der Waals surface area contributed by atoms with E-state index in [9.17, 15) is 18.3 Å². The Morgan fingerprint density at radius 1 is 1.35 bits per heavy atom. The SMILES string of the molecule is CN(Cc1ccc(N)cc1C(F)(F)F)CC1CC(O)C1. The Kier molecular flexibility index (Phi) is 4.25. The van der Waals surface area contributed by atoms with E-state index in [2.05, 4.69) is 0 Å². The topological polar surface area (TPSA) is 49.5 Å². The van der Waals surface area contributed by atoms with Gasteiger partial charge in [0.05, 0.1) is 11.7 Å². The van der Waals surface area contributed by atoms with Crippen molar-refractivity contribution in [3.05, 3.63) is 29.3 Å². The van der Waals surface area contributed by atoms with Gasteiger partial charge in [-0.05, 0) is 43.5 Å². The van der Waals surface area contributed by atoms with Crippen molar-refractivity contribution in [1.82, 2.24) is 4.90 Å². The summed E-state index contributed by atoms with van der Waals surface area (Å²) in [5.74, 6) is 0.373. The number of aliphatic hydroxyl groups is 1. The molecule has 2 rings (SSSR count). The van der Waals surface area contributed by atoms with Gasteiger partial charge in [-0.2, -0.15) is 13.2 Å². The number of anilines is 1. The highest BCUT2D eigenvalue weighted by Gasteiger charge is 2.34. The van der Waals surface area contributed by atoms with E-state index in [1.54, 1.807) is 7.05 Å². The fourth-order valence-electron chi connectivity index (χ4n) is 2.64. The first-order valence-electron chi connectivity index (χ1n) is 6.58. The molecule has 6 heteroatoms. The van der Waals surface area contributed by atoms with E-state index in [1.165, 1.54) is 12.1 Å². The third-order valence-electron chi connectivity index (χ3n) is 3.66. The molecule has 1 aliphatic rings. The fraction of sp³-hybridized carbons (Fsp3) is 0.571. The van der Waals surface area contributed by atoms with Crippen LogP contribution in [-0.4, -0.2) is 29.7 Å². The second-order valence-corrected chi connectivity index (χ2v) is 5.60. The maximum Gasteiger partial charge on any atom is 0.416 e. The molecule has 1 aliphatic carbocycles. The van der Waals surface area contributed by atoms with Crippen LogP contribution in [0.15, 0.2) is 18.2 Å². The molecule has 0 unspecified atom stereocenters. The standard InChI is InChI=1S/C14H19F3N2O/c1-19(7-9-4-12(20)5-9)8-10-2-3-11(18)6-13(10)14(15,16)17/h2-3,6,9,12,20H,4-5,7-8,18H2,1H3. The zero-order valence-electron chi connectivity index (χ0n) is 11.3. The number of nitrogen functional groups attached to an aromatic ring is 1. The molecule has 0 amide bonds. The molecule has 0 bridgehead atoms. The van der Waals surface area contributed by atoms with E-state index < -0.39 is 11.7 Å². The summed E-state index contributed by atoms with van der Waals surface area (Å²) in [7, 11) is 1.79. The number of hydrogen-bond donors (Lipinski definition) is 2. The predicted octanol–water partition coefficient (Wildman–Crippen LogP) is 2.49. The summed E-state index contributed by atoms with van der Waals surface area (Å²) in [4.78, 5) is 1.86. The van der Waals surface area contributed by atoms with Crippen LogP contribution in [0, 0.1) is 5.92 Å². The van der Waals surface area contributed by atoms with E-state index in [0.29, 0.717) is 12.5 Å².